The highest BCUT2D eigenvalue weighted by Crippen LogP contribution is 2.11. The van der Waals surface area contributed by atoms with Gasteiger partial charge in [-0.25, -0.2) is 9.10 Å². The number of carbonyl (C=O) groups is 1. The van der Waals surface area contributed by atoms with Gasteiger partial charge < -0.3 is 12.4 Å². The fourth-order valence-corrected chi connectivity index (χ4v) is 2.50. The molecule has 0 fully saturated rings. The van der Waals surface area contributed by atoms with E-state index in [4.69, 9.17) is 11.6 Å². The molecule has 1 aliphatic rings. The van der Waals surface area contributed by atoms with E-state index in [1.165, 1.54) is 12.8 Å². The van der Waals surface area contributed by atoms with Gasteiger partial charge in [0, 0.05) is 10.8 Å². The zero-order valence-electron chi connectivity index (χ0n) is 9.55. The summed E-state index contributed by atoms with van der Waals surface area (Å²) in [6, 6.07) is 0. The minimum atomic E-state index is 0. The van der Waals surface area contributed by atoms with E-state index in [-0.39, 0.29) is 18.3 Å². The van der Waals surface area contributed by atoms with Crippen LogP contribution in [0.2, 0.25) is 0 Å². The number of rotatable bonds is 7. The fraction of sp³-hybridized carbons (Fsp3) is 0.727. The van der Waals surface area contributed by atoms with Crippen LogP contribution in [-0.2, 0) is 4.79 Å². The molecule has 1 amide bonds. The first-order valence-electron chi connectivity index (χ1n) is 5.61. The van der Waals surface area contributed by atoms with Gasteiger partial charge in [0.1, 0.15) is 11.9 Å². The molecule has 0 aliphatic carbocycles. The Bertz CT molecular complexity index is 236. The number of halogens is 2. The molecule has 0 spiro atoms. The Balaban J connectivity index is 0.00000225. The molecule has 1 N–H and O–H groups in total. The highest BCUT2D eigenvalue weighted by atomic mass is 35.5. The standard InChI is InChI=1S/C11H18ClNOS.ClH/c1-2-10(12)6-4-3-5-8-13-11(14)7-9-15-13;/h7,9-10H,2-6,8H2,1H3;1H. The third kappa shape index (κ3) is 6.14. The van der Waals surface area contributed by atoms with Crippen molar-refractivity contribution in [3.05, 3.63) is 11.5 Å². The van der Waals surface area contributed by atoms with Gasteiger partial charge in [-0.1, -0.05) is 13.3 Å². The van der Waals surface area contributed by atoms with Gasteiger partial charge in [-0.15, -0.1) is 11.6 Å². The number of hydrogen-bond acceptors (Lipinski definition) is 2. The Hall–Kier alpha value is 0.300. The van der Waals surface area contributed by atoms with Gasteiger partial charge in [-0.05, 0) is 25.7 Å². The molecule has 0 aromatic rings. The van der Waals surface area contributed by atoms with Crippen molar-refractivity contribution in [3.63, 3.8) is 0 Å². The second-order valence-corrected chi connectivity index (χ2v) is 5.43. The molecule has 2 atom stereocenters. The number of amides is 1. The third-order valence-corrected chi connectivity index (χ3v) is 4.06. The topological polar surface area (TPSA) is 21.5 Å². The minimum Gasteiger partial charge on any atom is -1.00 e. The molecular weight excluding hydrogens is 265 g/mol. The second kappa shape index (κ2) is 9.34. The van der Waals surface area contributed by atoms with E-state index in [0.717, 1.165) is 30.1 Å². The molecular formula is C11H19Cl2NOS. The summed E-state index contributed by atoms with van der Waals surface area (Å²) in [7, 11) is 0. The van der Waals surface area contributed by atoms with E-state index in [1.54, 1.807) is 18.0 Å². The molecule has 0 saturated carbocycles. The molecule has 0 radical (unpaired) electrons. The van der Waals surface area contributed by atoms with E-state index in [2.05, 4.69) is 6.92 Å². The van der Waals surface area contributed by atoms with Crippen LogP contribution in [-0.4, -0.2) is 17.8 Å². The number of carbonyl (C=O) groups excluding carboxylic acids is 1. The summed E-state index contributed by atoms with van der Waals surface area (Å²) >= 11 is 7.60. The molecule has 0 aromatic heterocycles. The maximum atomic E-state index is 11.2. The summed E-state index contributed by atoms with van der Waals surface area (Å²) in [5, 5.41) is 2.21. The first kappa shape index (κ1) is 16.3. The van der Waals surface area contributed by atoms with E-state index < -0.39 is 0 Å². The first-order valence-corrected chi connectivity index (χ1v) is 6.93. The number of alkyl halides is 1. The van der Waals surface area contributed by atoms with Crippen LogP contribution in [0.3, 0.4) is 0 Å². The molecule has 16 heavy (non-hydrogen) atoms. The number of unbranched alkanes of at least 4 members (excludes halogenated alkanes) is 2. The number of hydrogen-bond donors (Lipinski definition) is 1. The lowest BCUT2D eigenvalue weighted by atomic mass is 10.1. The molecule has 0 aromatic carbocycles. The van der Waals surface area contributed by atoms with Crippen molar-refractivity contribution in [2.75, 3.05) is 6.54 Å². The summed E-state index contributed by atoms with van der Waals surface area (Å²) in [5.74, 6) is 0.212. The van der Waals surface area contributed by atoms with Gasteiger partial charge in [0.15, 0.2) is 0 Å². The predicted molar refractivity (Wildman–Crippen MR) is 66.0 cm³/mol. The Morgan fingerprint density at radius 2 is 2.19 bits per heavy atom. The van der Waals surface area contributed by atoms with E-state index in [0.29, 0.717) is 5.38 Å². The molecule has 94 valence electrons. The van der Waals surface area contributed by atoms with Gasteiger partial charge in [0.25, 0.3) is 0 Å². The normalized spacial score (nSPS) is 20.9. The Morgan fingerprint density at radius 3 is 2.75 bits per heavy atom. The SMILES string of the molecule is CCC(Cl)CCCCC[NH+]1SC=CC1=O.[Cl-]. The molecule has 0 bridgehead atoms. The van der Waals surface area contributed by atoms with Crippen LogP contribution < -0.4 is 16.7 Å². The summed E-state index contributed by atoms with van der Waals surface area (Å²) in [6.07, 6.45) is 7.29. The Kier molecular flexibility index (Phi) is 9.52. The quantitative estimate of drug-likeness (QED) is 0.374. The molecule has 2 nitrogen and oxygen atoms in total. The van der Waals surface area contributed by atoms with E-state index in [1.807, 2.05) is 5.41 Å². The lowest BCUT2D eigenvalue weighted by Crippen LogP contribution is -3.06. The summed E-state index contributed by atoms with van der Waals surface area (Å²) in [4.78, 5) is 11.2. The summed E-state index contributed by atoms with van der Waals surface area (Å²) in [5.41, 5.74) is 0. The monoisotopic (exact) mass is 283 g/mol. The first-order chi connectivity index (χ1) is 7.24. The van der Waals surface area contributed by atoms with Gasteiger partial charge in [0.2, 0.25) is 0 Å². The molecule has 2 unspecified atom stereocenters. The van der Waals surface area contributed by atoms with Gasteiger partial charge in [0.05, 0.1) is 12.6 Å². The largest absolute Gasteiger partial charge is 1.00 e. The zero-order chi connectivity index (χ0) is 11.1. The van der Waals surface area contributed by atoms with Gasteiger partial charge >= 0.3 is 5.91 Å². The van der Waals surface area contributed by atoms with Gasteiger partial charge in [-0.3, -0.25) is 0 Å². The minimum absolute atomic E-state index is 0. The average Bonchev–Trinajstić information content (AvgIpc) is 2.63. The van der Waals surface area contributed by atoms with E-state index in [9.17, 15) is 4.79 Å². The summed E-state index contributed by atoms with van der Waals surface area (Å²) in [6.45, 7) is 3.06. The summed E-state index contributed by atoms with van der Waals surface area (Å²) < 4.78 is 1.01. The van der Waals surface area contributed by atoms with Crippen molar-refractivity contribution < 1.29 is 21.5 Å². The van der Waals surface area contributed by atoms with Crippen LogP contribution in [0.1, 0.15) is 39.0 Å². The van der Waals surface area contributed by atoms with Crippen LogP contribution in [0.15, 0.2) is 11.5 Å². The second-order valence-electron chi connectivity index (χ2n) is 3.81. The zero-order valence-corrected chi connectivity index (χ0v) is 11.9. The molecule has 1 aliphatic heterocycles. The fourth-order valence-electron chi connectivity index (χ4n) is 1.54. The lowest BCUT2D eigenvalue weighted by molar-refractivity contribution is -0.663. The highest BCUT2D eigenvalue weighted by molar-refractivity contribution is 7.96. The van der Waals surface area contributed by atoms with Gasteiger partial charge in [-0.2, -0.15) is 0 Å². The maximum absolute atomic E-state index is 11.2. The van der Waals surface area contributed by atoms with Crippen LogP contribution in [0.25, 0.3) is 0 Å². The van der Waals surface area contributed by atoms with Crippen molar-refractivity contribution in [2.45, 2.75) is 44.4 Å². The molecule has 1 heterocycles. The maximum Gasteiger partial charge on any atom is 0.349 e. The molecule has 0 saturated heterocycles. The van der Waals surface area contributed by atoms with E-state index >= 15 is 0 Å². The van der Waals surface area contributed by atoms with Crippen molar-refractivity contribution in [2.24, 2.45) is 0 Å². The van der Waals surface area contributed by atoms with Crippen LogP contribution in [0, 0.1) is 0 Å². The Labute approximate surface area is 113 Å². The highest BCUT2D eigenvalue weighted by Gasteiger charge is 2.21. The lowest BCUT2D eigenvalue weighted by Gasteiger charge is -2.08. The third-order valence-electron chi connectivity index (χ3n) is 2.57. The smallest absolute Gasteiger partial charge is 0.349 e. The molecule has 1 rings (SSSR count). The average molecular weight is 284 g/mol. The number of nitrogens with one attached hydrogen (secondary N) is 1. The van der Waals surface area contributed by atoms with Crippen molar-refractivity contribution in [1.29, 1.82) is 0 Å². The predicted octanol–water partition coefficient (Wildman–Crippen LogP) is -0.845. The molecule has 5 heteroatoms. The van der Waals surface area contributed by atoms with Crippen LogP contribution in [0.5, 0.6) is 0 Å². The number of quaternary nitrogens is 1. The van der Waals surface area contributed by atoms with Crippen molar-refractivity contribution in [3.8, 4) is 0 Å². The van der Waals surface area contributed by atoms with Crippen LogP contribution in [0.4, 0.5) is 0 Å². The van der Waals surface area contributed by atoms with Crippen LogP contribution >= 0.6 is 23.5 Å². The van der Waals surface area contributed by atoms with Crippen molar-refractivity contribution in [1.82, 2.24) is 0 Å². The van der Waals surface area contributed by atoms with Crippen molar-refractivity contribution >= 4 is 29.5 Å². The Morgan fingerprint density at radius 1 is 1.44 bits per heavy atom.